The highest BCUT2D eigenvalue weighted by Crippen LogP contribution is 2.49. The monoisotopic (exact) mass is 400 g/mol. The van der Waals surface area contributed by atoms with Crippen molar-refractivity contribution in [2.75, 3.05) is 0 Å². The van der Waals surface area contributed by atoms with Crippen molar-refractivity contribution in [1.29, 1.82) is 5.26 Å². The van der Waals surface area contributed by atoms with Gasteiger partial charge >= 0.3 is 0 Å². The third-order valence-corrected chi connectivity index (χ3v) is 5.54. The molecule has 0 spiro atoms. The van der Waals surface area contributed by atoms with Crippen molar-refractivity contribution in [3.63, 3.8) is 0 Å². The van der Waals surface area contributed by atoms with E-state index in [1.807, 2.05) is 68.4 Å². The zero-order chi connectivity index (χ0) is 21.3. The Hall–Kier alpha value is -3.52. The van der Waals surface area contributed by atoms with Crippen LogP contribution >= 0.6 is 0 Å². The standard InChI is InChI=1S/C25H24N2O3/c1-25(2)12-19(28)23-21(13-25)30-24(27)18(14-26)22(23)17-10-6-7-11-20(17)29-15-16-8-4-3-5-9-16/h3-11,22H,12-13,15,27H2,1-2H3. The predicted octanol–water partition coefficient (Wildman–Crippen LogP) is 4.72. The maximum absolute atomic E-state index is 13.1. The summed E-state index contributed by atoms with van der Waals surface area (Å²) < 4.78 is 11.9. The molecule has 2 aromatic carbocycles. The first-order chi connectivity index (χ1) is 14.4. The quantitative estimate of drug-likeness (QED) is 0.803. The van der Waals surface area contributed by atoms with Crippen LogP contribution in [-0.2, 0) is 16.1 Å². The molecule has 1 aliphatic carbocycles. The number of Topliss-reactive ketones (excluding diaryl/α,β-unsaturated/α-hetero) is 1. The number of rotatable bonds is 4. The molecule has 152 valence electrons. The van der Waals surface area contributed by atoms with Crippen LogP contribution in [0.1, 0.15) is 43.7 Å². The van der Waals surface area contributed by atoms with Crippen LogP contribution in [0.4, 0.5) is 0 Å². The number of allylic oxidation sites excluding steroid dienone is 3. The van der Waals surface area contributed by atoms with Gasteiger partial charge in [0.1, 0.15) is 29.8 Å². The molecule has 0 amide bonds. The molecule has 5 nitrogen and oxygen atoms in total. The number of nitriles is 1. The third-order valence-electron chi connectivity index (χ3n) is 5.54. The van der Waals surface area contributed by atoms with Gasteiger partial charge in [-0.05, 0) is 17.0 Å². The van der Waals surface area contributed by atoms with Crippen LogP contribution in [0.5, 0.6) is 5.75 Å². The van der Waals surface area contributed by atoms with Gasteiger partial charge in [0.25, 0.3) is 0 Å². The summed E-state index contributed by atoms with van der Waals surface area (Å²) in [6.45, 7) is 4.45. The molecule has 4 rings (SSSR count). The van der Waals surface area contributed by atoms with E-state index < -0.39 is 5.92 Å². The topological polar surface area (TPSA) is 85.3 Å². The second kappa shape index (κ2) is 7.72. The maximum Gasteiger partial charge on any atom is 0.205 e. The number of nitrogens with two attached hydrogens (primary N) is 1. The van der Waals surface area contributed by atoms with Crippen molar-refractivity contribution < 1.29 is 14.3 Å². The molecule has 0 saturated carbocycles. The molecule has 0 aromatic heterocycles. The highest BCUT2D eigenvalue weighted by molar-refractivity contribution is 6.00. The highest BCUT2D eigenvalue weighted by atomic mass is 16.5. The number of nitrogens with zero attached hydrogens (tertiary/aromatic N) is 1. The van der Waals surface area contributed by atoms with E-state index >= 15 is 0 Å². The number of ketones is 1. The van der Waals surface area contributed by atoms with Crippen LogP contribution in [0.15, 0.2) is 77.4 Å². The first kappa shape index (κ1) is 19.8. The van der Waals surface area contributed by atoms with Crippen molar-refractivity contribution in [1.82, 2.24) is 0 Å². The summed E-state index contributed by atoms with van der Waals surface area (Å²) in [7, 11) is 0. The molecule has 0 bridgehead atoms. The number of ether oxygens (including phenoxy) is 2. The summed E-state index contributed by atoms with van der Waals surface area (Å²) in [5.74, 6) is 0.650. The summed E-state index contributed by atoms with van der Waals surface area (Å²) >= 11 is 0. The predicted molar refractivity (Wildman–Crippen MR) is 113 cm³/mol. The minimum absolute atomic E-state index is 0.00985. The van der Waals surface area contributed by atoms with E-state index in [0.29, 0.717) is 36.5 Å². The van der Waals surface area contributed by atoms with Crippen molar-refractivity contribution in [3.05, 3.63) is 88.5 Å². The lowest BCUT2D eigenvalue weighted by Gasteiger charge is -2.37. The molecule has 1 unspecified atom stereocenters. The van der Waals surface area contributed by atoms with Crippen LogP contribution in [0.25, 0.3) is 0 Å². The van der Waals surface area contributed by atoms with Crippen LogP contribution in [0.2, 0.25) is 0 Å². The number of benzene rings is 2. The Kier molecular flexibility index (Phi) is 5.09. The van der Waals surface area contributed by atoms with E-state index in [-0.39, 0.29) is 22.7 Å². The molecule has 1 heterocycles. The fraction of sp³-hybridized carbons (Fsp3) is 0.280. The van der Waals surface area contributed by atoms with Crippen molar-refractivity contribution >= 4 is 5.78 Å². The average molecular weight is 400 g/mol. The lowest BCUT2D eigenvalue weighted by molar-refractivity contribution is -0.119. The molecule has 2 N–H and O–H groups in total. The normalized spacial score (nSPS) is 20.3. The Morgan fingerprint density at radius 3 is 2.57 bits per heavy atom. The summed E-state index contributed by atoms with van der Waals surface area (Å²) in [5.41, 5.74) is 8.46. The summed E-state index contributed by atoms with van der Waals surface area (Å²) in [6, 6.07) is 19.5. The van der Waals surface area contributed by atoms with Gasteiger partial charge in [0.2, 0.25) is 5.88 Å². The largest absolute Gasteiger partial charge is 0.489 e. The Morgan fingerprint density at radius 2 is 1.83 bits per heavy atom. The molecule has 30 heavy (non-hydrogen) atoms. The molecule has 0 radical (unpaired) electrons. The average Bonchev–Trinajstić information content (AvgIpc) is 2.71. The smallest absolute Gasteiger partial charge is 0.205 e. The van der Waals surface area contributed by atoms with Crippen molar-refractivity contribution in [2.24, 2.45) is 11.1 Å². The van der Waals surface area contributed by atoms with Crippen LogP contribution in [0.3, 0.4) is 0 Å². The molecule has 2 aliphatic rings. The lowest BCUT2D eigenvalue weighted by Crippen LogP contribution is -2.33. The Labute approximate surface area is 176 Å². The molecule has 5 heteroatoms. The number of para-hydroxylation sites is 1. The molecule has 1 aliphatic heterocycles. The van der Waals surface area contributed by atoms with Gasteiger partial charge in [-0.3, -0.25) is 4.79 Å². The molecular weight excluding hydrogens is 376 g/mol. The molecule has 0 fully saturated rings. The van der Waals surface area contributed by atoms with E-state index in [1.165, 1.54) is 0 Å². The van der Waals surface area contributed by atoms with E-state index in [1.54, 1.807) is 0 Å². The number of hydrogen-bond donors (Lipinski definition) is 1. The zero-order valence-electron chi connectivity index (χ0n) is 17.1. The van der Waals surface area contributed by atoms with Crippen molar-refractivity contribution in [3.8, 4) is 11.8 Å². The summed E-state index contributed by atoms with van der Waals surface area (Å²) in [4.78, 5) is 13.1. The van der Waals surface area contributed by atoms with Crippen LogP contribution in [-0.4, -0.2) is 5.78 Å². The van der Waals surface area contributed by atoms with Crippen LogP contribution < -0.4 is 10.5 Å². The van der Waals surface area contributed by atoms with Gasteiger partial charge in [0.05, 0.1) is 5.92 Å². The molecule has 1 atom stereocenters. The fourth-order valence-electron chi connectivity index (χ4n) is 4.18. The van der Waals surface area contributed by atoms with Gasteiger partial charge in [0.15, 0.2) is 5.78 Å². The van der Waals surface area contributed by atoms with Crippen LogP contribution in [0, 0.1) is 16.7 Å². The first-order valence-electron chi connectivity index (χ1n) is 9.99. The minimum Gasteiger partial charge on any atom is -0.489 e. The van der Waals surface area contributed by atoms with Gasteiger partial charge in [-0.2, -0.15) is 5.26 Å². The van der Waals surface area contributed by atoms with Gasteiger partial charge < -0.3 is 15.2 Å². The van der Waals surface area contributed by atoms with Gasteiger partial charge in [0, 0.05) is 24.0 Å². The SMILES string of the molecule is CC1(C)CC(=O)C2=C(C1)OC(N)=C(C#N)C2c1ccccc1OCc1ccccc1. The number of hydrogen-bond acceptors (Lipinski definition) is 5. The van der Waals surface area contributed by atoms with E-state index in [9.17, 15) is 10.1 Å². The van der Waals surface area contributed by atoms with Gasteiger partial charge in [-0.25, -0.2) is 0 Å². The second-order valence-electron chi connectivity index (χ2n) is 8.51. The lowest BCUT2D eigenvalue weighted by atomic mass is 9.70. The minimum atomic E-state index is -0.589. The van der Waals surface area contributed by atoms with Crippen molar-refractivity contribution in [2.45, 2.75) is 39.2 Å². The Balaban J connectivity index is 1.77. The third kappa shape index (κ3) is 3.69. The van der Waals surface area contributed by atoms with E-state index in [0.717, 1.165) is 11.1 Å². The second-order valence-corrected chi connectivity index (χ2v) is 8.51. The Bertz CT molecular complexity index is 1090. The van der Waals surface area contributed by atoms with Gasteiger partial charge in [-0.1, -0.05) is 62.4 Å². The molecular formula is C25H24N2O3. The summed E-state index contributed by atoms with van der Waals surface area (Å²) in [5, 5.41) is 9.83. The summed E-state index contributed by atoms with van der Waals surface area (Å²) in [6.07, 6.45) is 0.994. The maximum atomic E-state index is 13.1. The van der Waals surface area contributed by atoms with Gasteiger partial charge in [-0.15, -0.1) is 0 Å². The van der Waals surface area contributed by atoms with E-state index in [4.69, 9.17) is 15.2 Å². The van der Waals surface area contributed by atoms with E-state index in [2.05, 4.69) is 6.07 Å². The molecule has 0 saturated heterocycles. The Morgan fingerprint density at radius 1 is 1.13 bits per heavy atom. The highest BCUT2D eigenvalue weighted by Gasteiger charge is 2.43. The molecule has 2 aromatic rings. The first-order valence-corrected chi connectivity index (χ1v) is 9.99. The number of carbonyl (C=O) groups excluding carboxylic acids is 1. The fourth-order valence-corrected chi connectivity index (χ4v) is 4.18. The number of carbonyl (C=O) groups is 1. The zero-order valence-corrected chi connectivity index (χ0v) is 17.1.